The summed E-state index contributed by atoms with van der Waals surface area (Å²) < 4.78 is 0. The number of H-pyrrole nitrogens is 2. The molecule has 3 heterocycles. The quantitative estimate of drug-likeness (QED) is 0.129. The Bertz CT molecular complexity index is 1680. The number of carbonyl (C=O) groups excluding carboxylic acids is 1. The summed E-state index contributed by atoms with van der Waals surface area (Å²) in [5.41, 5.74) is 7.51. The highest BCUT2D eigenvalue weighted by atomic mass is 16.2. The Labute approximate surface area is 272 Å². The molecular formula is C38H45N7O. The maximum absolute atomic E-state index is 14.0. The predicted molar refractivity (Wildman–Crippen MR) is 185 cm³/mol. The third kappa shape index (κ3) is 6.98. The van der Waals surface area contributed by atoms with Crippen LogP contribution < -0.4 is 5.32 Å². The zero-order chi connectivity index (χ0) is 31.9. The van der Waals surface area contributed by atoms with Gasteiger partial charge in [0.15, 0.2) is 0 Å². The van der Waals surface area contributed by atoms with Crippen LogP contribution in [0.25, 0.3) is 33.6 Å². The molecular weight excluding hydrogens is 570 g/mol. The maximum Gasteiger partial charge on any atom is 0.244 e. The molecule has 1 aliphatic rings. The smallest absolute Gasteiger partial charge is 0.244 e. The summed E-state index contributed by atoms with van der Waals surface area (Å²) in [6, 6.07) is 27.3. The molecule has 1 fully saturated rings. The average molecular weight is 616 g/mol. The lowest BCUT2D eigenvalue weighted by atomic mass is 10.0. The van der Waals surface area contributed by atoms with Gasteiger partial charge in [-0.3, -0.25) is 9.69 Å². The van der Waals surface area contributed by atoms with Crippen molar-refractivity contribution in [1.29, 1.82) is 0 Å². The minimum absolute atomic E-state index is 0.115. The number of hydrogen-bond donors (Lipinski definition) is 3. The second-order valence-corrected chi connectivity index (χ2v) is 12.0. The first-order valence-electron chi connectivity index (χ1n) is 16.7. The number of nitrogens with zero attached hydrogens (tertiary/aromatic N) is 4. The highest BCUT2D eigenvalue weighted by molar-refractivity contribution is 5.83. The number of likely N-dealkylation sites (N-methyl/N-ethyl adjacent to an activating group) is 1. The van der Waals surface area contributed by atoms with Crippen LogP contribution >= 0.6 is 0 Å². The fourth-order valence-corrected chi connectivity index (χ4v) is 6.48. The highest BCUT2D eigenvalue weighted by Gasteiger charge is 2.30. The number of hydrogen-bond acceptors (Lipinski definition) is 5. The average Bonchev–Trinajstić information content (AvgIpc) is 3.90. The van der Waals surface area contributed by atoms with Crippen molar-refractivity contribution in [2.24, 2.45) is 0 Å². The van der Waals surface area contributed by atoms with Crippen LogP contribution in [0.3, 0.4) is 0 Å². The van der Waals surface area contributed by atoms with Gasteiger partial charge >= 0.3 is 0 Å². The van der Waals surface area contributed by atoms with Gasteiger partial charge in [0, 0.05) is 6.54 Å². The van der Waals surface area contributed by atoms with Crippen molar-refractivity contribution in [3.05, 3.63) is 108 Å². The van der Waals surface area contributed by atoms with Crippen molar-refractivity contribution in [3.8, 4) is 33.6 Å². The second-order valence-electron chi connectivity index (χ2n) is 12.0. The Balaban J connectivity index is 1.13. The van der Waals surface area contributed by atoms with Crippen LogP contribution in [-0.2, 0) is 11.3 Å². The minimum Gasteiger partial charge on any atom is -0.341 e. The summed E-state index contributed by atoms with van der Waals surface area (Å²) in [4.78, 5) is 34.5. The van der Waals surface area contributed by atoms with Gasteiger partial charge in [-0.05, 0) is 66.7 Å². The van der Waals surface area contributed by atoms with Crippen molar-refractivity contribution in [2.45, 2.75) is 58.7 Å². The minimum atomic E-state index is -0.315. The van der Waals surface area contributed by atoms with Gasteiger partial charge < -0.3 is 20.2 Å². The SMILES string of the molecule is CCCN(Cc1ncc(-c2ccc(-c3ccc(-c4cnc(C5CCCN5)[nH]4)cc3)cc2)[nH]1)C(=O)C(c1ccccc1)N(CC)CC. The lowest BCUT2D eigenvalue weighted by Gasteiger charge is -2.33. The standard InChI is InChI=1S/C38H45N7O/c1-4-23-45(38(46)36(44(5-2)6-3)31-11-8-7-9-12-31)26-35-40-24-33(42-35)29-18-14-27(15-19-29)28-16-20-30(21-17-28)34-25-41-37(43-34)32-13-10-22-39-32/h7-9,11-12,14-21,24-25,32,36,39H,4-6,10,13,22-23,26H2,1-3H3,(H,40,42)(H,41,43). The lowest BCUT2D eigenvalue weighted by molar-refractivity contribution is -0.138. The number of carbonyl (C=O) groups is 1. The highest BCUT2D eigenvalue weighted by Crippen LogP contribution is 2.29. The first-order chi connectivity index (χ1) is 22.6. The molecule has 238 valence electrons. The van der Waals surface area contributed by atoms with Gasteiger partial charge in [-0.25, -0.2) is 9.97 Å². The van der Waals surface area contributed by atoms with E-state index in [4.69, 9.17) is 0 Å². The van der Waals surface area contributed by atoms with Gasteiger partial charge in [-0.1, -0.05) is 99.6 Å². The molecule has 0 spiro atoms. The molecule has 3 aromatic carbocycles. The van der Waals surface area contributed by atoms with Crippen molar-refractivity contribution in [1.82, 2.24) is 35.1 Å². The lowest BCUT2D eigenvalue weighted by Crippen LogP contribution is -2.43. The molecule has 8 heteroatoms. The number of aromatic amines is 2. The summed E-state index contributed by atoms with van der Waals surface area (Å²) in [6.07, 6.45) is 7.00. The van der Waals surface area contributed by atoms with Gasteiger partial charge in [0.2, 0.25) is 5.91 Å². The van der Waals surface area contributed by atoms with Crippen LogP contribution in [0.1, 0.15) is 69.3 Å². The molecule has 2 aromatic heterocycles. The Morgan fingerprint density at radius 1 is 0.804 bits per heavy atom. The van der Waals surface area contributed by atoms with Crippen molar-refractivity contribution < 1.29 is 4.79 Å². The second kappa shape index (κ2) is 14.7. The normalized spacial score (nSPS) is 15.3. The van der Waals surface area contributed by atoms with E-state index >= 15 is 0 Å². The third-order valence-electron chi connectivity index (χ3n) is 9.01. The topological polar surface area (TPSA) is 92.9 Å². The molecule has 0 saturated carbocycles. The zero-order valence-electron chi connectivity index (χ0n) is 27.2. The molecule has 2 atom stereocenters. The Hall–Kier alpha value is -4.53. The van der Waals surface area contributed by atoms with Gasteiger partial charge in [0.05, 0.1) is 36.4 Å². The molecule has 46 heavy (non-hydrogen) atoms. The maximum atomic E-state index is 14.0. The molecule has 0 bridgehead atoms. The van der Waals surface area contributed by atoms with E-state index in [9.17, 15) is 4.79 Å². The van der Waals surface area contributed by atoms with Crippen molar-refractivity contribution in [3.63, 3.8) is 0 Å². The van der Waals surface area contributed by atoms with Crippen molar-refractivity contribution >= 4 is 5.91 Å². The van der Waals surface area contributed by atoms with E-state index in [0.717, 1.165) is 83.3 Å². The fourth-order valence-electron chi connectivity index (χ4n) is 6.48. The largest absolute Gasteiger partial charge is 0.341 e. The predicted octanol–water partition coefficient (Wildman–Crippen LogP) is 7.38. The molecule has 1 saturated heterocycles. The van der Waals surface area contributed by atoms with E-state index in [1.54, 1.807) is 0 Å². The molecule has 1 aliphatic heterocycles. The van der Waals surface area contributed by atoms with Gasteiger partial charge in [0.25, 0.3) is 0 Å². The van der Waals surface area contributed by atoms with E-state index in [1.165, 1.54) is 6.42 Å². The van der Waals surface area contributed by atoms with E-state index in [2.05, 4.69) is 112 Å². The number of benzene rings is 3. The molecule has 8 nitrogen and oxygen atoms in total. The Morgan fingerprint density at radius 2 is 1.41 bits per heavy atom. The summed E-state index contributed by atoms with van der Waals surface area (Å²) in [6.45, 7) is 10.1. The summed E-state index contributed by atoms with van der Waals surface area (Å²) in [5.74, 6) is 1.92. The molecule has 2 unspecified atom stereocenters. The van der Waals surface area contributed by atoms with Gasteiger partial charge in [-0.2, -0.15) is 0 Å². The number of rotatable bonds is 13. The molecule has 6 rings (SSSR count). The Morgan fingerprint density at radius 3 is 2.00 bits per heavy atom. The number of amides is 1. The van der Waals surface area contributed by atoms with Crippen LogP contribution in [0.2, 0.25) is 0 Å². The molecule has 5 aromatic rings. The van der Waals surface area contributed by atoms with E-state index < -0.39 is 0 Å². The van der Waals surface area contributed by atoms with E-state index in [-0.39, 0.29) is 11.9 Å². The zero-order valence-corrected chi connectivity index (χ0v) is 27.2. The van der Waals surface area contributed by atoms with Crippen LogP contribution in [0, 0.1) is 0 Å². The number of aromatic nitrogens is 4. The van der Waals surface area contributed by atoms with Crippen LogP contribution in [-0.4, -0.2) is 61.8 Å². The van der Waals surface area contributed by atoms with Crippen molar-refractivity contribution in [2.75, 3.05) is 26.2 Å². The van der Waals surface area contributed by atoms with E-state index in [0.29, 0.717) is 19.1 Å². The van der Waals surface area contributed by atoms with Gasteiger partial charge in [-0.15, -0.1) is 0 Å². The monoisotopic (exact) mass is 615 g/mol. The first-order valence-corrected chi connectivity index (χ1v) is 16.7. The summed E-state index contributed by atoms with van der Waals surface area (Å²) >= 11 is 0. The number of nitrogens with one attached hydrogen (secondary N) is 3. The van der Waals surface area contributed by atoms with Gasteiger partial charge in [0.1, 0.15) is 17.7 Å². The van der Waals surface area contributed by atoms with Crippen LogP contribution in [0.5, 0.6) is 0 Å². The van der Waals surface area contributed by atoms with Crippen LogP contribution in [0.4, 0.5) is 0 Å². The summed E-state index contributed by atoms with van der Waals surface area (Å²) in [7, 11) is 0. The first kappa shape index (κ1) is 31.5. The molecule has 3 N–H and O–H groups in total. The Kier molecular flexibility index (Phi) is 10.1. The molecule has 0 radical (unpaired) electrons. The number of imidazole rings is 2. The fraction of sp³-hybridized carbons (Fsp3) is 0.342. The molecule has 0 aliphatic carbocycles. The summed E-state index contributed by atoms with van der Waals surface area (Å²) in [5, 5.41) is 3.50. The van der Waals surface area contributed by atoms with E-state index in [1.807, 2.05) is 35.5 Å². The third-order valence-corrected chi connectivity index (χ3v) is 9.01. The molecule has 1 amide bonds. The van der Waals surface area contributed by atoms with Crippen LogP contribution in [0.15, 0.2) is 91.3 Å².